The first-order chi connectivity index (χ1) is 8.11. The molecule has 1 aromatic heterocycles. The molecule has 0 saturated carbocycles. The van der Waals surface area contributed by atoms with Crippen LogP contribution in [0.15, 0.2) is 12.1 Å². The summed E-state index contributed by atoms with van der Waals surface area (Å²) in [6.45, 7) is 0.961. The molecular weight excluding hydrogens is 225 g/mol. The zero-order chi connectivity index (χ0) is 12.4. The Morgan fingerprint density at radius 1 is 1.53 bits per heavy atom. The Balaban J connectivity index is 2.51. The summed E-state index contributed by atoms with van der Waals surface area (Å²) < 4.78 is 13.2. The Labute approximate surface area is 96.2 Å². The Kier molecular flexibility index (Phi) is 2.92. The standard InChI is InChI=1S/C10H12FN5O/c11-5-3-6(9(13)17)8-7(4-5)15-10(16-8)14-2-1-12/h3-4H,1-2,12H2,(H2,13,17)(H2,14,15,16). The molecule has 1 amide bonds. The van der Waals surface area contributed by atoms with Crippen LogP contribution in [0.4, 0.5) is 10.3 Å². The number of halogens is 1. The number of amides is 1. The second-order valence-electron chi connectivity index (χ2n) is 3.51. The normalized spacial score (nSPS) is 10.7. The number of nitrogens with zero attached hydrogens (tertiary/aromatic N) is 1. The first-order valence-corrected chi connectivity index (χ1v) is 5.05. The van der Waals surface area contributed by atoms with Gasteiger partial charge in [-0.2, -0.15) is 0 Å². The molecule has 0 bridgehead atoms. The lowest BCUT2D eigenvalue weighted by atomic mass is 10.1. The lowest BCUT2D eigenvalue weighted by Gasteiger charge is -1.97. The van der Waals surface area contributed by atoms with Crippen LogP contribution in [0, 0.1) is 5.82 Å². The Morgan fingerprint density at radius 2 is 2.29 bits per heavy atom. The van der Waals surface area contributed by atoms with Gasteiger partial charge in [0, 0.05) is 13.1 Å². The summed E-state index contributed by atoms with van der Waals surface area (Å²) in [4.78, 5) is 18.1. The number of carbonyl (C=O) groups is 1. The highest BCUT2D eigenvalue weighted by Crippen LogP contribution is 2.20. The fourth-order valence-electron chi connectivity index (χ4n) is 1.54. The number of benzene rings is 1. The van der Waals surface area contributed by atoms with Crippen LogP contribution in [-0.2, 0) is 0 Å². The summed E-state index contributed by atoms with van der Waals surface area (Å²) >= 11 is 0. The molecule has 7 heteroatoms. The number of carbonyl (C=O) groups excluding carboxylic acids is 1. The van der Waals surface area contributed by atoms with Crippen molar-refractivity contribution in [3.05, 3.63) is 23.5 Å². The van der Waals surface area contributed by atoms with E-state index in [4.69, 9.17) is 11.5 Å². The van der Waals surface area contributed by atoms with E-state index in [9.17, 15) is 9.18 Å². The predicted octanol–water partition coefficient (Wildman–Crippen LogP) is 0.172. The highest BCUT2D eigenvalue weighted by atomic mass is 19.1. The topological polar surface area (TPSA) is 110 Å². The smallest absolute Gasteiger partial charge is 0.251 e. The van der Waals surface area contributed by atoms with Gasteiger partial charge in [-0.05, 0) is 12.1 Å². The molecule has 0 fully saturated rings. The van der Waals surface area contributed by atoms with E-state index in [1.807, 2.05) is 0 Å². The van der Waals surface area contributed by atoms with Crippen LogP contribution in [0.25, 0.3) is 11.0 Å². The minimum Gasteiger partial charge on any atom is -0.366 e. The van der Waals surface area contributed by atoms with Crippen LogP contribution in [-0.4, -0.2) is 29.0 Å². The van der Waals surface area contributed by atoms with Gasteiger partial charge in [-0.3, -0.25) is 4.79 Å². The van der Waals surface area contributed by atoms with E-state index in [1.165, 1.54) is 6.07 Å². The van der Waals surface area contributed by atoms with Gasteiger partial charge in [-0.15, -0.1) is 0 Å². The number of hydrogen-bond acceptors (Lipinski definition) is 4. The number of rotatable bonds is 4. The first-order valence-electron chi connectivity index (χ1n) is 5.05. The van der Waals surface area contributed by atoms with E-state index < -0.39 is 11.7 Å². The van der Waals surface area contributed by atoms with Crippen molar-refractivity contribution >= 4 is 22.9 Å². The molecule has 1 heterocycles. The third kappa shape index (κ3) is 2.18. The van der Waals surface area contributed by atoms with Crippen molar-refractivity contribution in [2.75, 3.05) is 18.4 Å². The Morgan fingerprint density at radius 3 is 2.94 bits per heavy atom. The van der Waals surface area contributed by atoms with Crippen LogP contribution in [0.5, 0.6) is 0 Å². The number of aromatic amines is 1. The monoisotopic (exact) mass is 237 g/mol. The van der Waals surface area contributed by atoms with Crippen molar-refractivity contribution in [1.82, 2.24) is 9.97 Å². The average molecular weight is 237 g/mol. The van der Waals surface area contributed by atoms with E-state index in [0.29, 0.717) is 30.1 Å². The SMILES string of the molecule is NCCNc1nc2c(C(N)=O)cc(F)cc2[nH]1. The lowest BCUT2D eigenvalue weighted by molar-refractivity contribution is 0.100. The lowest BCUT2D eigenvalue weighted by Crippen LogP contribution is -2.14. The van der Waals surface area contributed by atoms with Gasteiger partial charge in [0.15, 0.2) is 0 Å². The van der Waals surface area contributed by atoms with Gasteiger partial charge >= 0.3 is 0 Å². The van der Waals surface area contributed by atoms with Crippen molar-refractivity contribution in [3.63, 3.8) is 0 Å². The van der Waals surface area contributed by atoms with Gasteiger partial charge in [-0.25, -0.2) is 9.37 Å². The molecule has 6 N–H and O–H groups in total. The molecule has 0 aliphatic rings. The summed E-state index contributed by atoms with van der Waals surface area (Å²) in [7, 11) is 0. The highest BCUT2D eigenvalue weighted by Gasteiger charge is 2.13. The van der Waals surface area contributed by atoms with E-state index in [0.717, 1.165) is 6.07 Å². The fourth-order valence-corrected chi connectivity index (χ4v) is 1.54. The van der Waals surface area contributed by atoms with Gasteiger partial charge in [0.1, 0.15) is 11.3 Å². The number of primary amides is 1. The third-order valence-electron chi connectivity index (χ3n) is 2.25. The number of nitrogens with one attached hydrogen (secondary N) is 2. The molecule has 2 aromatic rings. The van der Waals surface area contributed by atoms with Crippen LogP contribution in [0.3, 0.4) is 0 Å². The molecule has 2 rings (SSSR count). The number of H-pyrrole nitrogens is 1. The summed E-state index contributed by atoms with van der Waals surface area (Å²) in [5.41, 5.74) is 11.3. The Hall–Kier alpha value is -2.15. The molecule has 0 aliphatic heterocycles. The second-order valence-corrected chi connectivity index (χ2v) is 3.51. The van der Waals surface area contributed by atoms with Gasteiger partial charge in [0.2, 0.25) is 5.95 Å². The van der Waals surface area contributed by atoms with Crippen molar-refractivity contribution < 1.29 is 9.18 Å². The third-order valence-corrected chi connectivity index (χ3v) is 2.25. The molecule has 17 heavy (non-hydrogen) atoms. The van der Waals surface area contributed by atoms with E-state index >= 15 is 0 Å². The van der Waals surface area contributed by atoms with Crippen LogP contribution >= 0.6 is 0 Å². The molecular formula is C10H12FN5O. The molecule has 0 spiro atoms. The second kappa shape index (κ2) is 4.38. The van der Waals surface area contributed by atoms with Crippen molar-refractivity contribution in [3.8, 4) is 0 Å². The minimum atomic E-state index is -0.716. The van der Waals surface area contributed by atoms with Gasteiger partial charge in [-0.1, -0.05) is 0 Å². The van der Waals surface area contributed by atoms with Crippen LogP contribution < -0.4 is 16.8 Å². The quantitative estimate of drug-likeness (QED) is 0.607. The summed E-state index contributed by atoms with van der Waals surface area (Å²) in [6.07, 6.45) is 0. The molecule has 0 radical (unpaired) electrons. The first kappa shape index (κ1) is 11.3. The summed E-state index contributed by atoms with van der Waals surface area (Å²) in [6, 6.07) is 2.32. The average Bonchev–Trinajstić information content (AvgIpc) is 2.67. The zero-order valence-corrected chi connectivity index (χ0v) is 8.96. The molecule has 0 saturated heterocycles. The number of imidazole rings is 1. The number of nitrogens with two attached hydrogens (primary N) is 2. The predicted molar refractivity (Wildman–Crippen MR) is 62.1 cm³/mol. The summed E-state index contributed by atoms with van der Waals surface area (Å²) in [5, 5.41) is 2.90. The number of fused-ring (bicyclic) bond motifs is 1. The molecule has 6 nitrogen and oxygen atoms in total. The van der Waals surface area contributed by atoms with Crippen molar-refractivity contribution in [1.29, 1.82) is 0 Å². The van der Waals surface area contributed by atoms with E-state index in [1.54, 1.807) is 0 Å². The van der Waals surface area contributed by atoms with Gasteiger partial charge in [0.25, 0.3) is 5.91 Å². The number of anilines is 1. The van der Waals surface area contributed by atoms with E-state index in [2.05, 4.69) is 15.3 Å². The zero-order valence-electron chi connectivity index (χ0n) is 8.96. The maximum atomic E-state index is 13.2. The molecule has 0 unspecified atom stereocenters. The largest absolute Gasteiger partial charge is 0.366 e. The molecule has 0 aliphatic carbocycles. The van der Waals surface area contributed by atoms with Gasteiger partial charge < -0.3 is 21.8 Å². The van der Waals surface area contributed by atoms with Crippen molar-refractivity contribution in [2.24, 2.45) is 11.5 Å². The van der Waals surface area contributed by atoms with Crippen LogP contribution in [0.1, 0.15) is 10.4 Å². The molecule has 0 atom stereocenters. The summed E-state index contributed by atoms with van der Waals surface area (Å²) in [5.74, 6) is -0.828. The highest BCUT2D eigenvalue weighted by molar-refractivity contribution is 6.04. The number of hydrogen-bond donors (Lipinski definition) is 4. The molecule has 90 valence electrons. The van der Waals surface area contributed by atoms with Gasteiger partial charge in [0.05, 0.1) is 11.1 Å². The minimum absolute atomic E-state index is 0.0528. The number of aromatic nitrogens is 2. The fraction of sp³-hybridized carbons (Fsp3) is 0.200. The maximum Gasteiger partial charge on any atom is 0.251 e. The molecule has 1 aromatic carbocycles. The van der Waals surface area contributed by atoms with Crippen LogP contribution in [0.2, 0.25) is 0 Å². The Bertz CT molecular complexity index is 565. The maximum absolute atomic E-state index is 13.2. The van der Waals surface area contributed by atoms with Crippen molar-refractivity contribution in [2.45, 2.75) is 0 Å². The van der Waals surface area contributed by atoms with E-state index in [-0.39, 0.29) is 5.56 Å².